The highest BCUT2D eigenvalue weighted by Crippen LogP contribution is 2.30. The summed E-state index contributed by atoms with van der Waals surface area (Å²) in [5.41, 5.74) is 5.55. The highest BCUT2D eigenvalue weighted by molar-refractivity contribution is 4.80. The van der Waals surface area contributed by atoms with Gasteiger partial charge in [-0.2, -0.15) is 0 Å². The van der Waals surface area contributed by atoms with Crippen molar-refractivity contribution < 1.29 is 5.11 Å². The smallest absolute Gasteiger partial charge is 0.0599 e. The second-order valence-corrected chi connectivity index (χ2v) is 3.60. The molecule has 1 aliphatic rings. The number of aliphatic hydroxyl groups excluding tert-OH is 1. The number of aliphatic hydroxyl groups is 1. The number of hydrogen-bond donors (Lipinski definition) is 2. The van der Waals surface area contributed by atoms with Crippen LogP contribution in [0.1, 0.15) is 19.8 Å². The molecule has 0 amide bonds. The van der Waals surface area contributed by atoms with Crippen LogP contribution in [0.25, 0.3) is 0 Å². The molecule has 3 N–H and O–H groups in total. The minimum Gasteiger partial charge on any atom is -0.395 e. The third-order valence-corrected chi connectivity index (χ3v) is 2.60. The SMILES string of the molecule is CCN(CC1CC1)C(CN)CO. The molecule has 0 radical (unpaired) electrons. The van der Waals surface area contributed by atoms with Crippen molar-refractivity contribution >= 4 is 0 Å². The van der Waals surface area contributed by atoms with Crippen molar-refractivity contribution in [3.05, 3.63) is 0 Å². The van der Waals surface area contributed by atoms with Crippen LogP contribution in [-0.4, -0.2) is 42.3 Å². The molecule has 0 aromatic carbocycles. The van der Waals surface area contributed by atoms with Gasteiger partial charge in [-0.3, -0.25) is 4.90 Å². The van der Waals surface area contributed by atoms with Crippen LogP contribution < -0.4 is 5.73 Å². The molecule has 3 nitrogen and oxygen atoms in total. The Morgan fingerprint density at radius 2 is 2.25 bits per heavy atom. The van der Waals surface area contributed by atoms with Gasteiger partial charge >= 0.3 is 0 Å². The van der Waals surface area contributed by atoms with Crippen LogP contribution in [0, 0.1) is 5.92 Å². The fourth-order valence-corrected chi connectivity index (χ4v) is 1.51. The van der Waals surface area contributed by atoms with Crippen molar-refractivity contribution in [2.45, 2.75) is 25.8 Å². The molecule has 12 heavy (non-hydrogen) atoms. The summed E-state index contributed by atoms with van der Waals surface area (Å²) in [6, 6.07) is 0.176. The number of nitrogens with two attached hydrogens (primary N) is 1. The average molecular weight is 172 g/mol. The van der Waals surface area contributed by atoms with E-state index in [1.165, 1.54) is 12.8 Å². The van der Waals surface area contributed by atoms with Crippen LogP contribution in [0.2, 0.25) is 0 Å². The number of nitrogens with zero attached hydrogens (tertiary/aromatic N) is 1. The highest BCUT2D eigenvalue weighted by atomic mass is 16.3. The van der Waals surface area contributed by atoms with E-state index in [4.69, 9.17) is 10.8 Å². The number of likely N-dealkylation sites (N-methyl/N-ethyl adjacent to an activating group) is 1. The van der Waals surface area contributed by atoms with Crippen molar-refractivity contribution in [1.29, 1.82) is 0 Å². The van der Waals surface area contributed by atoms with Gasteiger partial charge in [0.15, 0.2) is 0 Å². The average Bonchev–Trinajstić information content (AvgIpc) is 2.88. The van der Waals surface area contributed by atoms with Gasteiger partial charge in [0.1, 0.15) is 0 Å². The first kappa shape index (κ1) is 9.96. The molecule has 1 saturated carbocycles. The highest BCUT2D eigenvalue weighted by Gasteiger charge is 2.26. The first-order valence-electron chi connectivity index (χ1n) is 4.86. The monoisotopic (exact) mass is 172 g/mol. The van der Waals surface area contributed by atoms with Crippen molar-refractivity contribution in [2.75, 3.05) is 26.2 Å². The second kappa shape index (κ2) is 4.80. The van der Waals surface area contributed by atoms with E-state index >= 15 is 0 Å². The van der Waals surface area contributed by atoms with Gasteiger partial charge in [0.05, 0.1) is 6.61 Å². The maximum Gasteiger partial charge on any atom is 0.0599 e. The van der Waals surface area contributed by atoms with Crippen LogP contribution >= 0.6 is 0 Å². The van der Waals surface area contributed by atoms with Gasteiger partial charge in [0.2, 0.25) is 0 Å². The lowest BCUT2D eigenvalue weighted by atomic mass is 10.2. The molecule has 1 rings (SSSR count). The summed E-state index contributed by atoms with van der Waals surface area (Å²) in [7, 11) is 0. The molecule has 0 aromatic rings. The van der Waals surface area contributed by atoms with E-state index in [9.17, 15) is 0 Å². The van der Waals surface area contributed by atoms with E-state index in [1.807, 2.05) is 0 Å². The Hall–Kier alpha value is -0.120. The Morgan fingerprint density at radius 3 is 2.58 bits per heavy atom. The Labute approximate surface area is 74.5 Å². The van der Waals surface area contributed by atoms with E-state index in [2.05, 4.69) is 11.8 Å². The molecule has 0 spiro atoms. The molecule has 0 bridgehead atoms. The zero-order valence-corrected chi connectivity index (χ0v) is 7.87. The largest absolute Gasteiger partial charge is 0.395 e. The van der Waals surface area contributed by atoms with Crippen LogP contribution in [0.5, 0.6) is 0 Å². The summed E-state index contributed by atoms with van der Waals surface area (Å²) in [4.78, 5) is 2.29. The zero-order valence-electron chi connectivity index (χ0n) is 7.87. The molecule has 0 aromatic heterocycles. The maximum atomic E-state index is 9.04. The lowest BCUT2D eigenvalue weighted by molar-refractivity contribution is 0.128. The predicted octanol–water partition coefficient (Wildman–Crippen LogP) is 0.0379. The Kier molecular flexibility index (Phi) is 3.98. The standard InChI is InChI=1S/C9H20N2O/c1-2-11(6-8-3-4-8)9(5-10)7-12/h8-9,12H,2-7,10H2,1H3. The Balaban J connectivity index is 2.29. The fourth-order valence-electron chi connectivity index (χ4n) is 1.51. The molecule has 1 atom stereocenters. The summed E-state index contributed by atoms with van der Waals surface area (Å²) in [5, 5.41) is 9.04. The third kappa shape index (κ3) is 2.73. The summed E-state index contributed by atoms with van der Waals surface area (Å²) in [6.45, 7) is 5.01. The van der Waals surface area contributed by atoms with Crippen molar-refractivity contribution in [1.82, 2.24) is 4.90 Å². The molecular formula is C9H20N2O. The van der Waals surface area contributed by atoms with E-state index in [0.29, 0.717) is 6.54 Å². The van der Waals surface area contributed by atoms with Crippen LogP contribution in [0.3, 0.4) is 0 Å². The van der Waals surface area contributed by atoms with Crippen LogP contribution in [0.4, 0.5) is 0 Å². The predicted molar refractivity (Wildman–Crippen MR) is 49.9 cm³/mol. The first-order valence-corrected chi connectivity index (χ1v) is 4.86. The second-order valence-electron chi connectivity index (χ2n) is 3.60. The van der Waals surface area contributed by atoms with Gasteiger partial charge in [-0.25, -0.2) is 0 Å². The van der Waals surface area contributed by atoms with Gasteiger partial charge in [-0.15, -0.1) is 0 Å². The molecule has 0 heterocycles. The molecule has 1 fully saturated rings. The molecule has 0 saturated heterocycles. The topological polar surface area (TPSA) is 49.5 Å². The summed E-state index contributed by atoms with van der Waals surface area (Å²) >= 11 is 0. The van der Waals surface area contributed by atoms with Crippen molar-refractivity contribution in [3.63, 3.8) is 0 Å². The van der Waals surface area contributed by atoms with Gasteiger partial charge in [-0.05, 0) is 25.3 Å². The lowest BCUT2D eigenvalue weighted by Gasteiger charge is -2.28. The van der Waals surface area contributed by atoms with Gasteiger partial charge in [0, 0.05) is 19.1 Å². The van der Waals surface area contributed by atoms with Crippen molar-refractivity contribution in [2.24, 2.45) is 11.7 Å². The van der Waals surface area contributed by atoms with Gasteiger partial charge in [-0.1, -0.05) is 6.92 Å². The van der Waals surface area contributed by atoms with E-state index in [0.717, 1.165) is 19.0 Å². The molecular weight excluding hydrogens is 152 g/mol. The van der Waals surface area contributed by atoms with E-state index in [-0.39, 0.29) is 12.6 Å². The Bertz CT molecular complexity index is 122. The lowest BCUT2D eigenvalue weighted by Crippen LogP contribution is -2.44. The molecule has 1 aliphatic carbocycles. The van der Waals surface area contributed by atoms with Gasteiger partial charge in [0.25, 0.3) is 0 Å². The van der Waals surface area contributed by atoms with Crippen molar-refractivity contribution in [3.8, 4) is 0 Å². The number of rotatable bonds is 6. The fraction of sp³-hybridized carbons (Fsp3) is 1.00. The number of hydrogen-bond acceptors (Lipinski definition) is 3. The first-order chi connectivity index (χ1) is 5.81. The van der Waals surface area contributed by atoms with E-state index in [1.54, 1.807) is 0 Å². The van der Waals surface area contributed by atoms with Crippen LogP contribution in [0.15, 0.2) is 0 Å². The Morgan fingerprint density at radius 1 is 1.58 bits per heavy atom. The molecule has 1 unspecified atom stereocenters. The maximum absolute atomic E-state index is 9.04. The van der Waals surface area contributed by atoms with Gasteiger partial charge < -0.3 is 10.8 Å². The molecule has 0 aliphatic heterocycles. The minimum atomic E-state index is 0.176. The normalized spacial score (nSPS) is 20.0. The molecule has 72 valence electrons. The molecule has 3 heteroatoms. The summed E-state index contributed by atoms with van der Waals surface area (Å²) in [6.07, 6.45) is 2.72. The minimum absolute atomic E-state index is 0.176. The van der Waals surface area contributed by atoms with Crippen LogP contribution in [-0.2, 0) is 0 Å². The quantitative estimate of drug-likeness (QED) is 0.594. The van der Waals surface area contributed by atoms with E-state index < -0.39 is 0 Å². The zero-order chi connectivity index (χ0) is 8.97. The third-order valence-electron chi connectivity index (χ3n) is 2.60. The summed E-state index contributed by atoms with van der Waals surface area (Å²) < 4.78 is 0. The summed E-state index contributed by atoms with van der Waals surface area (Å²) in [5.74, 6) is 0.880.